The topological polar surface area (TPSA) is 487 Å². The van der Waals surface area contributed by atoms with Crippen LogP contribution in [0.5, 0.6) is 5.75 Å². The number of thioether (sulfide) groups is 1. The van der Waals surface area contributed by atoms with E-state index < -0.39 is 220 Å². The Hall–Kier alpha value is -3.03. The lowest BCUT2D eigenvalue weighted by Crippen LogP contribution is -2.69. The Balaban J connectivity index is 1.16. The number of aliphatic hydroxyl groups excluding tert-OH is 13. The minimum atomic E-state index is -2.12. The van der Waals surface area contributed by atoms with E-state index in [0.29, 0.717) is 24.5 Å². The summed E-state index contributed by atoms with van der Waals surface area (Å²) in [4.78, 5) is 48.8. The number of hydrogen-bond donors (Lipinski definition) is 16. The van der Waals surface area contributed by atoms with Gasteiger partial charge in [0.1, 0.15) is 128 Å². The number of anilines is 1. The molecule has 7 rings (SSSR count). The monoisotopic (exact) mass is 1250 g/mol. The predicted molar refractivity (Wildman–Crippen MR) is 283 cm³/mol. The smallest absolute Gasteiger partial charge is 0.272 e. The van der Waals surface area contributed by atoms with E-state index in [0.717, 1.165) is 13.8 Å². The Morgan fingerprint density at radius 1 is 0.482 bits per heavy atom. The van der Waals surface area contributed by atoms with E-state index in [1.165, 1.54) is 39.5 Å². The third-order valence-electron chi connectivity index (χ3n) is 15.5. The van der Waals surface area contributed by atoms with E-state index in [9.17, 15) is 85.6 Å². The Labute approximate surface area is 491 Å². The molecule has 6 fully saturated rings. The lowest BCUT2D eigenvalue weighted by Gasteiger charge is -2.51. The number of amides is 2. The van der Waals surface area contributed by atoms with Gasteiger partial charge in [0, 0.05) is 26.1 Å². The summed E-state index contributed by atoms with van der Waals surface area (Å²) in [5.74, 6) is -0.508. The number of hydrogen-bond acceptors (Lipinski definition) is 32. The van der Waals surface area contributed by atoms with Crippen LogP contribution in [0.1, 0.15) is 54.9 Å². The van der Waals surface area contributed by atoms with Crippen LogP contribution in [0.25, 0.3) is 0 Å². The van der Waals surface area contributed by atoms with Crippen LogP contribution in [0, 0.1) is 0 Å². The highest BCUT2D eigenvalue weighted by Crippen LogP contribution is 2.39. The van der Waals surface area contributed by atoms with E-state index in [4.69, 9.17) is 61.6 Å². The molecular weight excluding hydrogens is 1170 g/mol. The molecule has 0 unspecified atom stereocenters. The summed E-state index contributed by atoms with van der Waals surface area (Å²) in [5.41, 5.74) is -1.29. The van der Waals surface area contributed by atoms with Crippen molar-refractivity contribution in [3.05, 3.63) is 20.4 Å². The summed E-state index contributed by atoms with van der Waals surface area (Å²) in [7, 11) is 0. The van der Waals surface area contributed by atoms with Crippen molar-refractivity contribution in [3.8, 4) is 5.75 Å². The van der Waals surface area contributed by atoms with Crippen LogP contribution in [0.3, 0.4) is 0 Å². The average molecular weight is 1250 g/mol. The molecule has 33 nitrogen and oxygen atoms in total. The number of nitrogens with one attached hydrogen (secondary N) is 3. The van der Waals surface area contributed by atoms with Crippen LogP contribution >= 0.6 is 11.8 Å². The summed E-state index contributed by atoms with van der Waals surface area (Å²) in [6.45, 7) is 8.10. The molecule has 6 heterocycles. The maximum Gasteiger partial charge on any atom is 0.272 e. The molecular formula is C51H83N3O30S. The third kappa shape index (κ3) is 15.8. The fourth-order valence-electron chi connectivity index (χ4n) is 10.7. The van der Waals surface area contributed by atoms with Crippen molar-refractivity contribution < 1.29 is 138 Å². The average Bonchev–Trinajstić information content (AvgIpc) is 1.82. The number of carbonyl (C=O) groups excluding carboxylic acids is 2. The zero-order chi connectivity index (χ0) is 62.5. The quantitative estimate of drug-likeness (QED) is 0.0319. The predicted octanol–water partition coefficient (Wildman–Crippen LogP) is -8.45. The first-order valence-electron chi connectivity index (χ1n) is 28.1. The first kappa shape index (κ1) is 69.4. The zero-order valence-electron chi connectivity index (χ0n) is 47.6. The molecule has 0 aliphatic carbocycles. The molecule has 6 saturated heterocycles. The molecule has 6 aliphatic heterocycles. The highest BCUT2D eigenvalue weighted by molar-refractivity contribution is 7.99. The standard InChI is InChI=1S/C51H83N3O30S/c1-8-72-40-24(33(65)37(40)69)52-10-13-85-12-9-11-73-50-44(42(29(61)18(4)76-50)81-46-25(53-20(6)57)34(66)31(63)22(14-55)78-46)83-49-39(71)41(28(60)17(3)75-49)80-51-45(84-48-38(70)36(68)27(59)16(2)74-48)43(30(62)19(5)77-51)82-47-26(54-21(7)58)35(67)32(64)23(15-56)79-47/h16-19,22-23,25-32,34-36,38-39,41-52,55-56,59-64,66-68,70-71H,8-15H2,1-7H3,(H,53,57)(H,54,58)/t16-,17-,18-,19-,22+,23+,25+,26+,27-,28-,29-,30-,31+,32+,34+,35+,36+,38+,39+,41+,42+,43+,44+,45+,46-,47-,48-,49-,50+,51-/m0/s1. The van der Waals surface area contributed by atoms with E-state index in [1.54, 1.807) is 6.92 Å². The lowest BCUT2D eigenvalue weighted by atomic mass is 9.94. The molecule has 0 radical (unpaired) electrons. The lowest BCUT2D eigenvalue weighted by molar-refractivity contribution is -0.407. The highest BCUT2D eigenvalue weighted by atomic mass is 32.2. The Bertz CT molecular complexity index is 2360. The van der Waals surface area contributed by atoms with Gasteiger partial charge < -0.3 is 144 Å². The summed E-state index contributed by atoms with van der Waals surface area (Å²) in [6.07, 6.45) is -47.7. The van der Waals surface area contributed by atoms with Gasteiger partial charge in [-0.15, -0.1) is 0 Å². The van der Waals surface area contributed by atoms with Gasteiger partial charge in [-0.3, -0.25) is 19.2 Å². The second-order valence-electron chi connectivity index (χ2n) is 21.7. The molecule has 85 heavy (non-hydrogen) atoms. The van der Waals surface area contributed by atoms with Gasteiger partial charge >= 0.3 is 0 Å². The van der Waals surface area contributed by atoms with Crippen LogP contribution in [0.15, 0.2) is 9.59 Å². The summed E-state index contributed by atoms with van der Waals surface area (Å²) in [5, 5.41) is 152. The van der Waals surface area contributed by atoms with Crippen molar-refractivity contribution in [1.29, 1.82) is 0 Å². The fraction of sp³-hybridized carbons (Fsp3) is 0.882. The molecule has 488 valence electrons. The van der Waals surface area contributed by atoms with Gasteiger partial charge in [0.25, 0.3) is 10.9 Å². The van der Waals surface area contributed by atoms with E-state index in [1.807, 2.05) is 0 Å². The van der Waals surface area contributed by atoms with Crippen LogP contribution in [0.2, 0.25) is 0 Å². The van der Waals surface area contributed by atoms with Crippen molar-refractivity contribution in [2.24, 2.45) is 0 Å². The summed E-state index contributed by atoms with van der Waals surface area (Å²) >= 11 is 1.46. The van der Waals surface area contributed by atoms with E-state index in [2.05, 4.69) is 16.0 Å². The Morgan fingerprint density at radius 3 is 1.41 bits per heavy atom. The Morgan fingerprint density at radius 2 is 0.918 bits per heavy atom. The maximum absolute atomic E-state index is 12.5. The molecule has 0 bridgehead atoms. The molecule has 16 N–H and O–H groups in total. The van der Waals surface area contributed by atoms with Crippen molar-refractivity contribution in [2.75, 3.05) is 49.8 Å². The molecule has 0 spiro atoms. The van der Waals surface area contributed by atoms with Crippen LogP contribution < -0.4 is 31.5 Å². The van der Waals surface area contributed by atoms with Crippen molar-refractivity contribution in [2.45, 2.75) is 239 Å². The van der Waals surface area contributed by atoms with Gasteiger partial charge in [0.15, 0.2) is 43.5 Å². The molecule has 1 aromatic rings. The minimum absolute atomic E-state index is 0.0216. The van der Waals surface area contributed by atoms with E-state index >= 15 is 0 Å². The number of aliphatic hydroxyl groups is 13. The van der Waals surface area contributed by atoms with Crippen molar-refractivity contribution in [1.82, 2.24) is 10.6 Å². The molecule has 30 atom stereocenters. The fourth-order valence-corrected chi connectivity index (χ4v) is 11.5. The van der Waals surface area contributed by atoms with Gasteiger partial charge in [-0.1, -0.05) is 0 Å². The molecule has 1 aromatic carbocycles. The molecule has 34 heteroatoms. The normalized spacial score (nSPS) is 44.4. The van der Waals surface area contributed by atoms with Gasteiger partial charge in [0.05, 0.1) is 50.8 Å². The first-order valence-corrected chi connectivity index (χ1v) is 29.2. The second kappa shape index (κ2) is 30.7. The van der Waals surface area contributed by atoms with Gasteiger partial charge in [-0.25, -0.2) is 0 Å². The molecule has 0 saturated carbocycles. The van der Waals surface area contributed by atoms with Crippen LogP contribution in [0.4, 0.5) is 5.69 Å². The van der Waals surface area contributed by atoms with Gasteiger partial charge in [-0.05, 0) is 46.8 Å². The Kier molecular flexibility index (Phi) is 25.0. The molecule has 2 amide bonds. The first-order chi connectivity index (χ1) is 40.2. The number of rotatable bonds is 25. The number of carbonyl (C=O) groups is 2. The van der Waals surface area contributed by atoms with Gasteiger partial charge in [0.2, 0.25) is 11.8 Å². The second-order valence-corrected chi connectivity index (χ2v) is 22.9. The number of ether oxygens (including phenoxy) is 13. The summed E-state index contributed by atoms with van der Waals surface area (Å²) in [6, 6.07) is -3.13. The van der Waals surface area contributed by atoms with Crippen LogP contribution in [-0.2, 0) is 66.4 Å². The van der Waals surface area contributed by atoms with E-state index in [-0.39, 0.29) is 24.7 Å². The highest BCUT2D eigenvalue weighted by Gasteiger charge is 2.58. The minimum Gasteiger partial charge on any atom is -0.488 e. The summed E-state index contributed by atoms with van der Waals surface area (Å²) < 4.78 is 78.9. The van der Waals surface area contributed by atoms with Crippen LogP contribution in [-0.4, -0.2) is 307 Å². The third-order valence-corrected chi connectivity index (χ3v) is 16.6. The van der Waals surface area contributed by atoms with Gasteiger partial charge in [-0.2, -0.15) is 11.8 Å². The van der Waals surface area contributed by atoms with Crippen molar-refractivity contribution in [3.63, 3.8) is 0 Å². The largest absolute Gasteiger partial charge is 0.488 e. The maximum atomic E-state index is 12.5. The SMILES string of the molecule is CCOc1c(NCCSCCCO[C@@H]2O[C@@H](C)[C@H](O)[C@@H](O[C@@H]3O[C@H](CO)[C@@H](O)[C@H](O)[C@H]3NC(C)=O)[C@H]2O[C@@H]2O[C@@H](C)[C@H](O)[C@@H](O[C@@H]3O[C@@H](C)[C@H](O)[C@@H](O[C@@H]4O[C@H](CO)[C@@H](O)[C@H](O)[C@H]4NC(C)=O)[C@H]3O[C@@H]3O[C@@H](C)[C@H](O)[C@@H](O)[C@H]3O)[C@H]2O)c(=O)c1=O. The molecule has 6 aliphatic rings. The zero-order valence-corrected chi connectivity index (χ0v) is 48.5. The van der Waals surface area contributed by atoms with Crippen molar-refractivity contribution >= 4 is 29.3 Å². The molecule has 0 aromatic heterocycles.